The molecule has 0 radical (unpaired) electrons. The number of aryl methyl sites for hydroxylation is 1. The zero-order chi connectivity index (χ0) is 14.4. The maximum atomic E-state index is 12.6. The Balaban J connectivity index is 1.93. The van der Waals surface area contributed by atoms with E-state index < -0.39 is 0 Å². The lowest BCUT2D eigenvalue weighted by Gasteiger charge is -2.29. The number of imide groups is 1. The van der Waals surface area contributed by atoms with Gasteiger partial charge in [0, 0.05) is 9.65 Å². The smallest absolute Gasteiger partial charge is 0.237 e. The van der Waals surface area contributed by atoms with Crippen LogP contribution < -0.4 is 4.90 Å². The van der Waals surface area contributed by atoms with Gasteiger partial charge in [-0.3, -0.25) is 14.5 Å². The van der Waals surface area contributed by atoms with Crippen molar-refractivity contribution in [2.75, 3.05) is 4.90 Å². The molecule has 106 valence electrons. The van der Waals surface area contributed by atoms with Gasteiger partial charge in [0.2, 0.25) is 11.8 Å². The fraction of sp³-hybridized carbons (Fsp3) is 0.467. The van der Waals surface area contributed by atoms with Gasteiger partial charge in [-0.15, -0.1) is 0 Å². The van der Waals surface area contributed by atoms with E-state index in [9.17, 15) is 9.59 Å². The number of fused-ring (bicyclic) bond motifs is 1. The normalized spacial score (nSPS) is 33.5. The topological polar surface area (TPSA) is 37.4 Å². The van der Waals surface area contributed by atoms with Crippen LogP contribution in [0.1, 0.15) is 18.4 Å². The van der Waals surface area contributed by atoms with Gasteiger partial charge >= 0.3 is 0 Å². The minimum atomic E-state index is -0.179. The Bertz CT molecular complexity index is 529. The summed E-state index contributed by atoms with van der Waals surface area (Å²) >= 11 is 7.19. The lowest BCUT2D eigenvalue weighted by molar-refractivity contribution is -0.122. The number of alkyl halides is 2. The third-order valence-electron chi connectivity index (χ3n) is 4.20. The molecule has 4 atom stereocenters. The fourth-order valence-electron chi connectivity index (χ4n) is 3.04. The molecule has 3 rings (SSSR count). The van der Waals surface area contributed by atoms with E-state index in [1.807, 2.05) is 31.2 Å². The highest BCUT2D eigenvalue weighted by Crippen LogP contribution is 2.44. The second kappa shape index (κ2) is 5.26. The van der Waals surface area contributed by atoms with Crippen molar-refractivity contribution in [3.8, 4) is 0 Å². The van der Waals surface area contributed by atoms with Crippen LogP contribution in [0.5, 0.6) is 0 Å². The van der Waals surface area contributed by atoms with Crippen molar-refractivity contribution in [3.05, 3.63) is 29.8 Å². The van der Waals surface area contributed by atoms with Crippen LogP contribution in [0, 0.1) is 18.8 Å². The van der Waals surface area contributed by atoms with Gasteiger partial charge in [0.1, 0.15) is 0 Å². The van der Waals surface area contributed by atoms with E-state index in [-0.39, 0.29) is 33.3 Å². The van der Waals surface area contributed by atoms with Crippen LogP contribution in [0.25, 0.3) is 0 Å². The highest BCUT2D eigenvalue weighted by Gasteiger charge is 2.52. The zero-order valence-corrected chi connectivity index (χ0v) is 14.2. The summed E-state index contributed by atoms with van der Waals surface area (Å²) < 4.78 is 0. The summed E-state index contributed by atoms with van der Waals surface area (Å²) in [7, 11) is 0. The minimum absolute atomic E-state index is 0.0484. The van der Waals surface area contributed by atoms with Crippen LogP contribution in [-0.4, -0.2) is 21.5 Å². The first-order chi connectivity index (χ1) is 9.49. The maximum Gasteiger partial charge on any atom is 0.237 e. The summed E-state index contributed by atoms with van der Waals surface area (Å²) in [6.45, 7) is 1.99. The van der Waals surface area contributed by atoms with Crippen molar-refractivity contribution in [2.45, 2.75) is 29.4 Å². The summed E-state index contributed by atoms with van der Waals surface area (Å²) in [6, 6.07) is 7.55. The van der Waals surface area contributed by atoms with E-state index in [4.69, 9.17) is 0 Å². The molecule has 1 aliphatic heterocycles. The Morgan fingerprint density at radius 1 is 0.950 bits per heavy atom. The van der Waals surface area contributed by atoms with Crippen molar-refractivity contribution in [1.29, 1.82) is 0 Å². The summed E-state index contributed by atoms with van der Waals surface area (Å²) in [5, 5.41) is 0. The average molecular weight is 401 g/mol. The summed E-state index contributed by atoms with van der Waals surface area (Å²) in [4.78, 5) is 27.0. The van der Waals surface area contributed by atoms with Crippen molar-refractivity contribution in [2.24, 2.45) is 11.8 Å². The third-order valence-corrected chi connectivity index (χ3v) is 6.94. The van der Waals surface area contributed by atoms with E-state index in [2.05, 4.69) is 31.9 Å². The van der Waals surface area contributed by atoms with Gasteiger partial charge in [-0.25, -0.2) is 0 Å². The molecule has 1 aromatic carbocycles. The molecule has 0 bridgehead atoms. The van der Waals surface area contributed by atoms with Crippen molar-refractivity contribution >= 4 is 49.4 Å². The molecule has 2 fully saturated rings. The number of anilines is 1. The number of benzene rings is 1. The first kappa shape index (κ1) is 14.3. The number of amides is 2. The second-order valence-corrected chi connectivity index (χ2v) is 7.92. The molecular formula is C15H15Br2NO2. The van der Waals surface area contributed by atoms with E-state index >= 15 is 0 Å². The maximum absolute atomic E-state index is 12.6. The lowest BCUT2D eigenvalue weighted by Crippen LogP contribution is -2.34. The van der Waals surface area contributed by atoms with Crippen molar-refractivity contribution < 1.29 is 9.59 Å². The first-order valence-corrected chi connectivity index (χ1v) is 8.55. The number of halogens is 2. The fourth-order valence-corrected chi connectivity index (χ4v) is 4.28. The van der Waals surface area contributed by atoms with Gasteiger partial charge in [-0.1, -0.05) is 49.6 Å². The third kappa shape index (κ3) is 2.25. The number of nitrogens with zero attached hydrogens (tertiary/aromatic N) is 1. The predicted octanol–water partition coefficient (Wildman–Crippen LogP) is 3.42. The van der Waals surface area contributed by atoms with Crippen LogP contribution in [0.15, 0.2) is 24.3 Å². The SMILES string of the molecule is Cc1ccc(N2C(=O)[C@H]3C[C@@H](Br)[C@@H](Br)C[C@@H]3C2=O)cc1. The molecule has 0 N–H and O–H groups in total. The molecule has 1 aromatic rings. The Hall–Kier alpha value is -0.680. The Labute approximate surface area is 135 Å². The minimum Gasteiger partial charge on any atom is -0.274 e. The monoisotopic (exact) mass is 399 g/mol. The molecule has 2 aliphatic rings. The van der Waals surface area contributed by atoms with Gasteiger partial charge < -0.3 is 0 Å². The van der Waals surface area contributed by atoms with Crippen molar-refractivity contribution in [1.82, 2.24) is 0 Å². The highest BCUT2D eigenvalue weighted by molar-refractivity contribution is 9.12. The number of rotatable bonds is 1. The number of carbonyl (C=O) groups excluding carboxylic acids is 2. The summed E-state index contributed by atoms with van der Waals surface area (Å²) in [6.07, 6.45) is 1.43. The van der Waals surface area contributed by atoms with E-state index in [0.29, 0.717) is 18.5 Å². The lowest BCUT2D eigenvalue weighted by atomic mass is 9.81. The molecule has 3 nitrogen and oxygen atoms in total. The van der Waals surface area contributed by atoms with Crippen LogP contribution in [0.4, 0.5) is 5.69 Å². The van der Waals surface area contributed by atoms with Crippen molar-refractivity contribution in [3.63, 3.8) is 0 Å². The van der Waals surface area contributed by atoms with E-state index in [1.54, 1.807) is 0 Å². The van der Waals surface area contributed by atoms with Gasteiger partial charge in [-0.2, -0.15) is 0 Å². The molecule has 5 heteroatoms. The molecule has 0 aromatic heterocycles. The molecule has 1 saturated carbocycles. The second-order valence-electron chi connectivity index (χ2n) is 5.56. The quantitative estimate of drug-likeness (QED) is 0.535. The zero-order valence-electron chi connectivity index (χ0n) is 11.1. The number of carbonyl (C=O) groups is 2. The van der Waals surface area contributed by atoms with Gasteiger partial charge in [-0.05, 0) is 31.9 Å². The Morgan fingerprint density at radius 2 is 1.40 bits per heavy atom. The van der Waals surface area contributed by atoms with E-state index in [0.717, 1.165) is 5.56 Å². The number of hydrogen-bond donors (Lipinski definition) is 0. The standard InChI is InChI=1S/C15H15Br2NO2/c1-8-2-4-9(5-3-8)18-14(19)10-6-12(16)13(17)7-11(10)15(18)20/h2-5,10-13H,6-7H2,1H3/t10-,11-,12-,13+/m0/s1. The highest BCUT2D eigenvalue weighted by atomic mass is 79.9. The molecule has 1 aliphatic carbocycles. The molecule has 0 unspecified atom stereocenters. The van der Waals surface area contributed by atoms with Gasteiger partial charge in [0.25, 0.3) is 0 Å². The van der Waals surface area contributed by atoms with Gasteiger partial charge in [0.15, 0.2) is 0 Å². The molecule has 20 heavy (non-hydrogen) atoms. The molecule has 1 heterocycles. The molecule has 0 spiro atoms. The molecule has 1 saturated heterocycles. The van der Waals surface area contributed by atoms with Crippen LogP contribution in [-0.2, 0) is 9.59 Å². The largest absolute Gasteiger partial charge is 0.274 e. The predicted molar refractivity (Wildman–Crippen MR) is 85.3 cm³/mol. The molecule has 2 amide bonds. The number of hydrogen-bond acceptors (Lipinski definition) is 2. The molecular weight excluding hydrogens is 386 g/mol. The first-order valence-electron chi connectivity index (χ1n) is 6.71. The van der Waals surface area contributed by atoms with Crippen LogP contribution in [0.3, 0.4) is 0 Å². The summed E-state index contributed by atoms with van der Waals surface area (Å²) in [5.74, 6) is -0.454. The van der Waals surface area contributed by atoms with Crippen LogP contribution in [0.2, 0.25) is 0 Å². The van der Waals surface area contributed by atoms with Crippen LogP contribution >= 0.6 is 31.9 Å². The Morgan fingerprint density at radius 3 is 1.85 bits per heavy atom. The average Bonchev–Trinajstić information content (AvgIpc) is 2.65. The van der Waals surface area contributed by atoms with E-state index in [1.165, 1.54) is 4.90 Å². The summed E-state index contributed by atoms with van der Waals surface area (Å²) in [5.41, 5.74) is 1.81. The Kier molecular flexibility index (Phi) is 3.75. The van der Waals surface area contributed by atoms with Gasteiger partial charge in [0.05, 0.1) is 17.5 Å².